The highest BCUT2D eigenvalue weighted by Crippen LogP contribution is 2.26. The summed E-state index contributed by atoms with van der Waals surface area (Å²) in [5.74, 6) is 1.47. The zero-order valence-electron chi connectivity index (χ0n) is 20.1. The maximum absolute atomic E-state index is 12.7. The number of para-hydroxylation sites is 1. The Hall–Kier alpha value is -3.36. The largest absolute Gasteiger partial charge is 0.497 e. The number of methoxy groups -OCH3 is 2. The quantitative estimate of drug-likeness (QED) is 0.493. The van der Waals surface area contributed by atoms with Gasteiger partial charge in [0.05, 0.1) is 31.9 Å². The normalized spacial score (nSPS) is 17.3. The van der Waals surface area contributed by atoms with Crippen LogP contribution in [0.15, 0.2) is 48.7 Å². The highest BCUT2D eigenvalue weighted by molar-refractivity contribution is 6.08. The van der Waals surface area contributed by atoms with Crippen LogP contribution in [-0.4, -0.2) is 66.6 Å². The van der Waals surface area contributed by atoms with Gasteiger partial charge in [0.2, 0.25) is 0 Å². The summed E-state index contributed by atoms with van der Waals surface area (Å²) in [4.78, 5) is 29.3. The lowest BCUT2D eigenvalue weighted by molar-refractivity contribution is -0.122. The Morgan fingerprint density at radius 2 is 1.94 bits per heavy atom. The second-order valence-corrected chi connectivity index (χ2v) is 8.14. The fraction of sp³-hybridized carbons (Fsp3) is 0.385. The summed E-state index contributed by atoms with van der Waals surface area (Å²) in [6.45, 7) is 2.79. The molecule has 8 heteroatoms. The SMILES string of the molecule is CCC(=O)C1C[C@@H](O)CN1C(=O)c1c[nH]c2ccccc12.CNCc1ccc(OC)cc1OC. The van der Waals surface area contributed by atoms with Gasteiger partial charge in [-0.2, -0.15) is 0 Å². The number of carbonyl (C=O) groups is 2. The van der Waals surface area contributed by atoms with Crippen molar-refractivity contribution in [2.24, 2.45) is 0 Å². The number of aliphatic hydroxyl groups excluding tert-OH is 1. The Bertz CT molecular complexity index is 1130. The van der Waals surface area contributed by atoms with Gasteiger partial charge in [-0.3, -0.25) is 9.59 Å². The highest BCUT2D eigenvalue weighted by atomic mass is 16.5. The number of benzene rings is 2. The molecule has 2 heterocycles. The fourth-order valence-corrected chi connectivity index (χ4v) is 4.17. The minimum absolute atomic E-state index is 0.000240. The van der Waals surface area contributed by atoms with Crippen molar-refractivity contribution in [2.75, 3.05) is 27.8 Å². The molecule has 3 aromatic rings. The van der Waals surface area contributed by atoms with Crippen molar-refractivity contribution in [1.82, 2.24) is 15.2 Å². The monoisotopic (exact) mass is 467 g/mol. The lowest BCUT2D eigenvalue weighted by Gasteiger charge is -2.22. The number of Topliss-reactive ketones (excluding diaryl/α,β-unsaturated/α-hetero) is 1. The fourth-order valence-electron chi connectivity index (χ4n) is 4.17. The van der Waals surface area contributed by atoms with Gasteiger partial charge >= 0.3 is 0 Å². The molecule has 1 fully saturated rings. The molecule has 4 rings (SSSR count). The van der Waals surface area contributed by atoms with Crippen molar-refractivity contribution in [3.05, 3.63) is 59.8 Å². The van der Waals surface area contributed by atoms with Crippen LogP contribution in [0, 0.1) is 0 Å². The number of hydrogen-bond donors (Lipinski definition) is 3. The smallest absolute Gasteiger partial charge is 0.256 e. The first-order valence-electron chi connectivity index (χ1n) is 11.4. The van der Waals surface area contributed by atoms with E-state index >= 15 is 0 Å². The lowest BCUT2D eigenvalue weighted by atomic mass is 10.1. The van der Waals surface area contributed by atoms with Gasteiger partial charge in [-0.05, 0) is 19.2 Å². The maximum atomic E-state index is 12.7. The van der Waals surface area contributed by atoms with Crippen LogP contribution in [0.3, 0.4) is 0 Å². The molecule has 1 unspecified atom stereocenters. The molecule has 0 bridgehead atoms. The van der Waals surface area contributed by atoms with E-state index in [1.54, 1.807) is 27.3 Å². The van der Waals surface area contributed by atoms with Crippen LogP contribution in [0.4, 0.5) is 0 Å². The van der Waals surface area contributed by atoms with Gasteiger partial charge in [0.1, 0.15) is 11.5 Å². The zero-order valence-corrected chi connectivity index (χ0v) is 20.1. The number of likely N-dealkylation sites (tertiary alicyclic amines) is 1. The van der Waals surface area contributed by atoms with E-state index < -0.39 is 12.1 Å². The number of aromatic amines is 1. The summed E-state index contributed by atoms with van der Waals surface area (Å²) in [7, 11) is 5.21. The van der Waals surface area contributed by atoms with Crippen LogP contribution < -0.4 is 14.8 Å². The summed E-state index contributed by atoms with van der Waals surface area (Å²) in [5, 5.41) is 13.7. The minimum Gasteiger partial charge on any atom is -0.497 e. The molecule has 34 heavy (non-hydrogen) atoms. The molecule has 8 nitrogen and oxygen atoms in total. The number of ether oxygens (including phenoxy) is 2. The van der Waals surface area contributed by atoms with E-state index in [0.717, 1.165) is 34.5 Å². The number of H-pyrrole nitrogens is 1. The molecule has 1 aliphatic heterocycles. The second kappa shape index (κ2) is 11.7. The number of aromatic nitrogens is 1. The average Bonchev–Trinajstić information content (AvgIpc) is 3.47. The van der Waals surface area contributed by atoms with Gasteiger partial charge in [-0.15, -0.1) is 0 Å². The van der Waals surface area contributed by atoms with Crippen molar-refractivity contribution in [3.8, 4) is 11.5 Å². The van der Waals surface area contributed by atoms with E-state index in [1.807, 2.05) is 49.5 Å². The Morgan fingerprint density at radius 3 is 2.62 bits per heavy atom. The number of nitrogens with zero attached hydrogens (tertiary/aromatic N) is 1. The van der Waals surface area contributed by atoms with Gasteiger partial charge in [-0.1, -0.05) is 31.2 Å². The Balaban J connectivity index is 0.000000215. The molecule has 2 aromatic carbocycles. The molecule has 1 saturated heterocycles. The standard InChI is InChI=1S/C16H18N2O3.C10H15NO2/c1-2-15(20)14-7-10(19)9-18(14)16(21)12-8-17-13-6-4-3-5-11(12)13;1-11-7-8-4-5-9(12-2)6-10(8)13-3/h3-6,8,10,14,17,19H,2,7,9H2,1H3;4-6,11H,7H2,1-3H3/t10-,14?;/m1./s1. The molecular weight excluding hydrogens is 434 g/mol. The number of β-amino-alcohol motifs (C(OH)–C–C–N with tert-alkyl or cyclic N) is 1. The maximum Gasteiger partial charge on any atom is 0.256 e. The number of fused-ring (bicyclic) bond motifs is 1. The Kier molecular flexibility index (Phi) is 8.67. The highest BCUT2D eigenvalue weighted by Gasteiger charge is 2.38. The van der Waals surface area contributed by atoms with E-state index in [-0.39, 0.29) is 18.2 Å². The predicted octanol–water partition coefficient (Wildman–Crippen LogP) is 3.15. The molecule has 2 atom stereocenters. The van der Waals surface area contributed by atoms with Gasteiger partial charge in [-0.25, -0.2) is 0 Å². The summed E-state index contributed by atoms with van der Waals surface area (Å²) >= 11 is 0. The van der Waals surface area contributed by atoms with E-state index in [0.29, 0.717) is 18.4 Å². The van der Waals surface area contributed by atoms with Crippen LogP contribution >= 0.6 is 0 Å². The minimum atomic E-state index is -0.625. The summed E-state index contributed by atoms with van der Waals surface area (Å²) in [5.41, 5.74) is 2.57. The number of rotatable bonds is 7. The molecule has 0 aliphatic carbocycles. The summed E-state index contributed by atoms with van der Waals surface area (Å²) < 4.78 is 10.3. The average molecular weight is 468 g/mol. The first-order chi connectivity index (χ1) is 16.4. The molecule has 0 saturated carbocycles. The number of ketones is 1. The molecule has 1 aromatic heterocycles. The van der Waals surface area contributed by atoms with E-state index in [1.165, 1.54) is 4.90 Å². The molecule has 0 radical (unpaired) electrons. The molecule has 1 aliphatic rings. The predicted molar refractivity (Wildman–Crippen MR) is 131 cm³/mol. The number of hydrogen-bond acceptors (Lipinski definition) is 6. The molecule has 3 N–H and O–H groups in total. The van der Waals surface area contributed by atoms with Gasteiger partial charge in [0.15, 0.2) is 5.78 Å². The third-order valence-electron chi connectivity index (χ3n) is 5.94. The zero-order chi connectivity index (χ0) is 24.7. The van der Waals surface area contributed by atoms with Crippen LogP contribution in [0.1, 0.15) is 35.7 Å². The van der Waals surface area contributed by atoms with Gasteiger partial charge < -0.3 is 29.8 Å². The molecular formula is C26H33N3O5. The van der Waals surface area contributed by atoms with Crippen LogP contribution in [0.2, 0.25) is 0 Å². The van der Waals surface area contributed by atoms with E-state index in [4.69, 9.17) is 9.47 Å². The Morgan fingerprint density at radius 1 is 1.18 bits per heavy atom. The van der Waals surface area contributed by atoms with Crippen molar-refractivity contribution in [2.45, 2.75) is 38.5 Å². The number of carbonyl (C=O) groups excluding carboxylic acids is 2. The first kappa shape index (κ1) is 25.3. The second-order valence-electron chi connectivity index (χ2n) is 8.14. The van der Waals surface area contributed by atoms with Crippen molar-refractivity contribution in [3.63, 3.8) is 0 Å². The molecule has 182 valence electrons. The van der Waals surface area contributed by atoms with Crippen molar-refractivity contribution >= 4 is 22.6 Å². The van der Waals surface area contributed by atoms with Crippen LogP contribution in [0.25, 0.3) is 10.9 Å². The molecule has 1 amide bonds. The molecule has 0 spiro atoms. The summed E-state index contributed by atoms with van der Waals surface area (Å²) in [6.07, 6.45) is 1.75. The van der Waals surface area contributed by atoms with Crippen LogP contribution in [-0.2, 0) is 11.3 Å². The number of amides is 1. The van der Waals surface area contributed by atoms with E-state index in [9.17, 15) is 14.7 Å². The first-order valence-corrected chi connectivity index (χ1v) is 11.4. The number of aliphatic hydroxyl groups is 1. The van der Waals surface area contributed by atoms with Crippen molar-refractivity contribution in [1.29, 1.82) is 0 Å². The van der Waals surface area contributed by atoms with E-state index in [2.05, 4.69) is 10.3 Å². The third kappa shape index (κ3) is 5.58. The third-order valence-corrected chi connectivity index (χ3v) is 5.94. The van der Waals surface area contributed by atoms with Gasteiger partial charge in [0.25, 0.3) is 5.91 Å². The lowest BCUT2D eigenvalue weighted by Crippen LogP contribution is -2.40. The van der Waals surface area contributed by atoms with Gasteiger partial charge in [0, 0.05) is 54.7 Å². The van der Waals surface area contributed by atoms with Crippen LogP contribution in [0.5, 0.6) is 11.5 Å². The topological polar surface area (TPSA) is 104 Å². The Labute approximate surface area is 199 Å². The summed E-state index contributed by atoms with van der Waals surface area (Å²) in [6, 6.07) is 12.8. The van der Waals surface area contributed by atoms with Crippen molar-refractivity contribution < 1.29 is 24.2 Å². The number of nitrogens with one attached hydrogen (secondary N) is 2.